The van der Waals surface area contributed by atoms with Crippen molar-refractivity contribution in [2.45, 2.75) is 66.9 Å². The molecule has 3 aromatic carbocycles. The first-order valence-electron chi connectivity index (χ1n) is 14.6. The van der Waals surface area contributed by atoms with Crippen molar-refractivity contribution in [2.75, 3.05) is 26.3 Å². The first-order valence-corrected chi connectivity index (χ1v) is 16.2. The van der Waals surface area contributed by atoms with Crippen LogP contribution in [0.4, 0.5) is 39.5 Å². The number of sulfone groups is 1. The number of ether oxygens (including phenoxy) is 2. The maximum Gasteiger partial charge on any atom is 0.430 e. The Morgan fingerprint density at radius 2 is 1.36 bits per heavy atom. The van der Waals surface area contributed by atoms with E-state index in [0.717, 1.165) is 42.5 Å². The van der Waals surface area contributed by atoms with Crippen LogP contribution >= 0.6 is 0 Å². The lowest BCUT2D eigenvalue weighted by Gasteiger charge is -2.37. The molecular formula is C32H32F9NO4S. The van der Waals surface area contributed by atoms with Gasteiger partial charge in [0.2, 0.25) is 0 Å². The molecule has 0 unspecified atom stereocenters. The van der Waals surface area contributed by atoms with Crippen molar-refractivity contribution in [2.24, 2.45) is 0 Å². The van der Waals surface area contributed by atoms with Gasteiger partial charge in [-0.25, -0.2) is 21.6 Å². The Kier molecular flexibility index (Phi) is 11.4. The third kappa shape index (κ3) is 7.79. The Bertz CT molecular complexity index is 1550. The molecule has 0 bridgehead atoms. The molecule has 5 nitrogen and oxygen atoms in total. The zero-order chi connectivity index (χ0) is 34.6. The Hall–Kier alpha value is -3.14. The van der Waals surface area contributed by atoms with E-state index in [9.17, 15) is 47.9 Å². The largest absolute Gasteiger partial charge is 0.430 e. The SMILES string of the molecule is CC[C@H](CC[C@@H](c1ccc(C(OCc2c(F)cccc2F)(C(F)(F)F)C(F)(F)F)cc1)S(=O)(=O)c1ccc(F)cc1)N1CCOCC1. The van der Waals surface area contributed by atoms with Crippen LogP contribution in [0.25, 0.3) is 0 Å². The minimum absolute atomic E-state index is 0.0678. The fourth-order valence-corrected chi connectivity index (χ4v) is 7.54. The predicted molar refractivity (Wildman–Crippen MR) is 153 cm³/mol. The van der Waals surface area contributed by atoms with E-state index >= 15 is 0 Å². The van der Waals surface area contributed by atoms with E-state index in [1.54, 1.807) is 0 Å². The van der Waals surface area contributed by atoms with Gasteiger partial charge in [0.15, 0.2) is 9.84 Å². The van der Waals surface area contributed by atoms with Crippen molar-refractivity contribution < 1.29 is 57.4 Å². The van der Waals surface area contributed by atoms with Crippen LogP contribution in [0.1, 0.15) is 48.1 Å². The van der Waals surface area contributed by atoms with Gasteiger partial charge < -0.3 is 9.47 Å². The van der Waals surface area contributed by atoms with Crippen molar-refractivity contribution in [3.05, 3.63) is 101 Å². The number of hydrogen-bond acceptors (Lipinski definition) is 5. The summed E-state index contributed by atoms with van der Waals surface area (Å²) in [4.78, 5) is 1.83. The standard InChI is InChI=1S/C32H32F9NO4S/c1-2-24(42-16-18-45-19-17-42)12-15-29(47(43,44)25-13-10-23(33)11-14-25)21-6-8-22(9-7-21)30(31(36,37)38,32(39,40)41)46-20-26-27(34)4-3-5-28(26)35/h3-11,13-14,24,29H,2,12,15-20H2,1H3/t24-,29+/m1/s1. The summed E-state index contributed by atoms with van der Waals surface area (Å²) >= 11 is 0. The summed E-state index contributed by atoms with van der Waals surface area (Å²) in [6, 6.07) is 8.55. The molecule has 0 saturated carbocycles. The summed E-state index contributed by atoms with van der Waals surface area (Å²) in [6.07, 6.45) is -11.5. The molecule has 0 N–H and O–H groups in total. The molecular weight excluding hydrogens is 665 g/mol. The summed E-state index contributed by atoms with van der Waals surface area (Å²) in [5.74, 6) is -3.53. The normalized spacial score (nSPS) is 16.6. The lowest BCUT2D eigenvalue weighted by atomic mass is 9.90. The van der Waals surface area contributed by atoms with Gasteiger partial charge in [0, 0.05) is 30.3 Å². The molecule has 4 rings (SSSR count). The van der Waals surface area contributed by atoms with E-state index in [-0.39, 0.29) is 22.9 Å². The summed E-state index contributed by atoms with van der Waals surface area (Å²) in [6.45, 7) is 2.31. The summed E-state index contributed by atoms with van der Waals surface area (Å²) in [5, 5.41) is -1.43. The van der Waals surface area contributed by atoms with Gasteiger partial charge in [-0.15, -0.1) is 0 Å². The van der Waals surface area contributed by atoms with E-state index in [1.165, 1.54) is 0 Å². The number of nitrogens with zero attached hydrogens (tertiary/aromatic N) is 1. The number of benzene rings is 3. The van der Waals surface area contributed by atoms with E-state index < -0.39 is 68.2 Å². The van der Waals surface area contributed by atoms with E-state index in [4.69, 9.17) is 4.74 Å². The van der Waals surface area contributed by atoms with Crippen LogP contribution in [-0.4, -0.2) is 58.0 Å². The lowest BCUT2D eigenvalue weighted by molar-refractivity contribution is -0.392. The van der Waals surface area contributed by atoms with Gasteiger partial charge in [-0.2, -0.15) is 26.3 Å². The van der Waals surface area contributed by atoms with E-state index in [0.29, 0.717) is 63.4 Å². The molecule has 1 aliphatic heterocycles. The van der Waals surface area contributed by atoms with Gasteiger partial charge in [-0.3, -0.25) is 4.90 Å². The monoisotopic (exact) mass is 697 g/mol. The molecule has 3 aromatic rings. The molecule has 0 amide bonds. The summed E-state index contributed by atoms with van der Waals surface area (Å²) in [7, 11) is -4.34. The second kappa shape index (κ2) is 14.5. The van der Waals surface area contributed by atoms with Crippen LogP contribution in [0.2, 0.25) is 0 Å². The smallest absolute Gasteiger partial charge is 0.379 e. The van der Waals surface area contributed by atoms with Crippen LogP contribution in [0.15, 0.2) is 71.6 Å². The Morgan fingerprint density at radius 1 is 0.809 bits per heavy atom. The van der Waals surface area contributed by atoms with Crippen molar-refractivity contribution in [1.29, 1.82) is 0 Å². The maximum absolute atomic E-state index is 14.4. The fraction of sp³-hybridized carbons (Fsp3) is 0.438. The summed E-state index contributed by atoms with van der Waals surface area (Å²) < 4.78 is 166. The van der Waals surface area contributed by atoms with Crippen molar-refractivity contribution in [3.63, 3.8) is 0 Å². The second-order valence-corrected chi connectivity index (χ2v) is 13.2. The Balaban J connectivity index is 1.75. The molecule has 1 heterocycles. The molecule has 1 aliphatic rings. The number of halogens is 9. The highest BCUT2D eigenvalue weighted by atomic mass is 32.2. The third-order valence-corrected chi connectivity index (χ3v) is 10.5. The molecule has 258 valence electrons. The Morgan fingerprint density at radius 3 is 1.87 bits per heavy atom. The maximum atomic E-state index is 14.4. The minimum atomic E-state index is -6.17. The third-order valence-electron chi connectivity index (χ3n) is 8.29. The molecule has 0 aromatic heterocycles. The molecule has 0 aliphatic carbocycles. The van der Waals surface area contributed by atoms with Gasteiger partial charge in [0.25, 0.3) is 5.60 Å². The summed E-state index contributed by atoms with van der Waals surface area (Å²) in [5.41, 5.74) is -7.76. The van der Waals surface area contributed by atoms with E-state index in [1.807, 2.05) is 6.92 Å². The number of alkyl halides is 6. The number of hydrogen-bond donors (Lipinski definition) is 0. The first-order chi connectivity index (χ1) is 22.0. The second-order valence-electron chi connectivity index (χ2n) is 11.1. The van der Waals surface area contributed by atoms with Gasteiger partial charge >= 0.3 is 12.4 Å². The zero-order valence-corrected chi connectivity index (χ0v) is 25.9. The topological polar surface area (TPSA) is 55.8 Å². The lowest BCUT2D eigenvalue weighted by Crippen LogP contribution is -2.55. The highest BCUT2D eigenvalue weighted by molar-refractivity contribution is 7.91. The van der Waals surface area contributed by atoms with Gasteiger partial charge in [0.1, 0.15) is 17.5 Å². The highest BCUT2D eigenvalue weighted by Gasteiger charge is 2.73. The van der Waals surface area contributed by atoms with Crippen LogP contribution in [-0.2, 0) is 31.5 Å². The Labute approximate surface area is 266 Å². The highest BCUT2D eigenvalue weighted by Crippen LogP contribution is 2.53. The fourth-order valence-electron chi connectivity index (χ4n) is 5.74. The van der Waals surface area contributed by atoms with Crippen molar-refractivity contribution in [3.8, 4) is 0 Å². The first kappa shape index (κ1) is 36.7. The minimum Gasteiger partial charge on any atom is -0.379 e. The van der Waals surface area contributed by atoms with Gasteiger partial charge in [-0.1, -0.05) is 37.3 Å². The molecule has 15 heteroatoms. The van der Waals surface area contributed by atoms with E-state index in [2.05, 4.69) is 9.64 Å². The van der Waals surface area contributed by atoms with Crippen molar-refractivity contribution in [1.82, 2.24) is 4.90 Å². The quantitative estimate of drug-likeness (QED) is 0.142. The van der Waals surface area contributed by atoms with Crippen LogP contribution in [0, 0.1) is 17.5 Å². The number of morpholine rings is 1. The van der Waals surface area contributed by atoms with Gasteiger partial charge in [0.05, 0.1) is 30.0 Å². The van der Waals surface area contributed by atoms with Crippen molar-refractivity contribution >= 4 is 9.84 Å². The molecule has 0 radical (unpaired) electrons. The van der Waals surface area contributed by atoms with Gasteiger partial charge in [-0.05, 0) is 61.2 Å². The average molecular weight is 698 g/mol. The average Bonchev–Trinajstić information content (AvgIpc) is 3.00. The molecule has 0 spiro atoms. The number of rotatable bonds is 12. The molecule has 47 heavy (non-hydrogen) atoms. The molecule has 2 atom stereocenters. The predicted octanol–water partition coefficient (Wildman–Crippen LogP) is 8.05. The van der Waals surface area contributed by atoms with Crippen LogP contribution < -0.4 is 0 Å². The van der Waals surface area contributed by atoms with Crippen LogP contribution in [0.5, 0.6) is 0 Å². The molecule has 1 saturated heterocycles. The zero-order valence-electron chi connectivity index (χ0n) is 25.1. The molecule has 1 fully saturated rings. The van der Waals surface area contributed by atoms with Crippen LogP contribution in [0.3, 0.4) is 0 Å².